The number of likely N-dealkylation sites (N-methyl/N-ethyl adjacent to an activating group) is 1. The van der Waals surface area contributed by atoms with Gasteiger partial charge in [-0.15, -0.1) is 0 Å². The SMILES string of the molecule is COc1cc2c(cc1OC)C1N(C)Cc3c(cc(OC)c4c3OCO4)C1(C)C(O)C2. The molecule has 30 heavy (non-hydrogen) atoms. The third kappa shape index (κ3) is 2.39. The Morgan fingerprint density at radius 1 is 1.00 bits per heavy atom. The number of nitrogens with zero attached hydrogens (tertiary/aromatic N) is 1. The number of benzene rings is 2. The van der Waals surface area contributed by atoms with E-state index in [1.54, 1.807) is 21.3 Å². The Hall–Kier alpha value is -2.64. The molecule has 0 aromatic heterocycles. The van der Waals surface area contributed by atoms with Gasteiger partial charge >= 0.3 is 0 Å². The average Bonchev–Trinajstić information content (AvgIpc) is 3.23. The van der Waals surface area contributed by atoms with Gasteiger partial charge in [0.2, 0.25) is 12.5 Å². The molecule has 0 saturated heterocycles. The zero-order chi connectivity index (χ0) is 21.2. The fourth-order valence-electron chi connectivity index (χ4n) is 5.54. The van der Waals surface area contributed by atoms with Crippen LogP contribution in [0.5, 0.6) is 28.7 Å². The molecule has 2 aromatic carbocycles. The predicted octanol–water partition coefficient (Wildman–Crippen LogP) is 2.80. The first-order chi connectivity index (χ1) is 14.4. The Kier molecular flexibility index (Phi) is 4.31. The minimum atomic E-state index is -0.598. The molecule has 7 nitrogen and oxygen atoms in total. The summed E-state index contributed by atoms with van der Waals surface area (Å²) in [4.78, 5) is 2.27. The molecule has 2 aliphatic heterocycles. The van der Waals surface area contributed by atoms with Crippen LogP contribution in [0.2, 0.25) is 0 Å². The van der Waals surface area contributed by atoms with Gasteiger partial charge in [-0.2, -0.15) is 0 Å². The highest BCUT2D eigenvalue weighted by Crippen LogP contribution is 2.58. The van der Waals surface area contributed by atoms with Crippen molar-refractivity contribution >= 4 is 0 Å². The van der Waals surface area contributed by atoms with E-state index >= 15 is 0 Å². The van der Waals surface area contributed by atoms with E-state index in [1.807, 2.05) is 12.1 Å². The molecule has 0 bridgehead atoms. The summed E-state index contributed by atoms with van der Waals surface area (Å²) in [5, 5.41) is 11.5. The van der Waals surface area contributed by atoms with Gasteiger partial charge in [0, 0.05) is 23.6 Å². The second-order valence-corrected chi connectivity index (χ2v) is 8.40. The predicted molar refractivity (Wildman–Crippen MR) is 110 cm³/mol. The maximum atomic E-state index is 11.5. The van der Waals surface area contributed by atoms with Crippen LogP contribution in [-0.4, -0.2) is 51.3 Å². The van der Waals surface area contributed by atoms with Gasteiger partial charge in [-0.1, -0.05) is 6.92 Å². The van der Waals surface area contributed by atoms with E-state index in [2.05, 4.69) is 24.9 Å². The second kappa shape index (κ2) is 6.68. The summed E-state index contributed by atoms with van der Waals surface area (Å²) in [6.07, 6.45) is -0.0770. The Balaban J connectivity index is 1.75. The van der Waals surface area contributed by atoms with Crippen LogP contribution in [0.1, 0.15) is 35.2 Å². The lowest BCUT2D eigenvalue weighted by Gasteiger charge is -2.53. The van der Waals surface area contributed by atoms with Gasteiger partial charge < -0.3 is 28.8 Å². The highest BCUT2D eigenvalue weighted by molar-refractivity contribution is 5.64. The summed E-state index contributed by atoms with van der Waals surface area (Å²) < 4.78 is 28.2. The van der Waals surface area contributed by atoms with Gasteiger partial charge in [-0.3, -0.25) is 4.90 Å². The highest BCUT2D eigenvalue weighted by atomic mass is 16.7. The van der Waals surface area contributed by atoms with Gasteiger partial charge in [0.05, 0.1) is 27.4 Å². The summed E-state index contributed by atoms with van der Waals surface area (Å²) in [6, 6.07) is 6.00. The van der Waals surface area contributed by atoms with Crippen molar-refractivity contribution in [3.8, 4) is 28.7 Å². The van der Waals surface area contributed by atoms with Gasteiger partial charge in [-0.25, -0.2) is 0 Å². The van der Waals surface area contributed by atoms with Crippen molar-refractivity contribution in [1.82, 2.24) is 4.90 Å². The van der Waals surface area contributed by atoms with E-state index < -0.39 is 11.5 Å². The number of aliphatic hydroxyl groups excluding tert-OH is 1. The molecule has 3 unspecified atom stereocenters. The summed E-state index contributed by atoms with van der Waals surface area (Å²) in [5.41, 5.74) is 3.74. The molecule has 5 rings (SSSR count). The fraction of sp³-hybridized carbons (Fsp3) is 0.478. The summed E-state index contributed by atoms with van der Waals surface area (Å²) >= 11 is 0. The number of methoxy groups -OCH3 is 3. The van der Waals surface area contributed by atoms with Gasteiger partial charge in [0.1, 0.15) is 0 Å². The van der Waals surface area contributed by atoms with Gasteiger partial charge in [-0.05, 0) is 48.4 Å². The first-order valence-corrected chi connectivity index (χ1v) is 10.1. The van der Waals surface area contributed by atoms with Gasteiger partial charge in [0.25, 0.3) is 0 Å². The number of aliphatic hydroxyl groups is 1. The lowest BCUT2D eigenvalue weighted by atomic mass is 9.60. The van der Waals surface area contributed by atoms with Crippen molar-refractivity contribution in [2.75, 3.05) is 35.2 Å². The molecule has 0 radical (unpaired) electrons. The Morgan fingerprint density at radius 2 is 1.67 bits per heavy atom. The van der Waals surface area contributed by atoms with Crippen LogP contribution in [0.15, 0.2) is 18.2 Å². The molecule has 7 heteroatoms. The fourth-order valence-corrected chi connectivity index (χ4v) is 5.54. The molecule has 2 aromatic rings. The molecule has 1 N–H and O–H groups in total. The van der Waals surface area contributed by atoms with Crippen LogP contribution in [0.4, 0.5) is 0 Å². The van der Waals surface area contributed by atoms with E-state index in [0.717, 1.165) is 28.0 Å². The second-order valence-electron chi connectivity index (χ2n) is 8.40. The molecule has 3 atom stereocenters. The molecule has 160 valence electrons. The van der Waals surface area contributed by atoms with Crippen LogP contribution in [-0.2, 0) is 18.4 Å². The number of hydrogen-bond donors (Lipinski definition) is 1. The van der Waals surface area contributed by atoms with Crippen molar-refractivity contribution in [2.45, 2.75) is 37.5 Å². The van der Waals surface area contributed by atoms with E-state index in [-0.39, 0.29) is 12.8 Å². The van der Waals surface area contributed by atoms with Crippen molar-refractivity contribution in [2.24, 2.45) is 0 Å². The summed E-state index contributed by atoms with van der Waals surface area (Å²) in [6.45, 7) is 2.97. The Labute approximate surface area is 176 Å². The van der Waals surface area contributed by atoms with Crippen molar-refractivity contribution in [3.05, 3.63) is 40.5 Å². The van der Waals surface area contributed by atoms with Crippen LogP contribution in [0.25, 0.3) is 0 Å². The molecule has 2 heterocycles. The standard InChI is InChI=1S/C23H27NO6/c1-23-15-9-18(28-5)21-20(29-11-30-21)14(15)10-24(2)22(23)13-8-17(27-4)16(26-3)6-12(13)7-19(23)25/h6,8-9,19,22,25H,7,10-11H2,1-5H3. The molecule has 0 fully saturated rings. The molecular weight excluding hydrogens is 386 g/mol. The van der Waals surface area contributed by atoms with Gasteiger partial charge in [0.15, 0.2) is 23.0 Å². The first-order valence-electron chi connectivity index (χ1n) is 10.1. The van der Waals surface area contributed by atoms with Crippen molar-refractivity contribution < 1.29 is 28.8 Å². The first kappa shape index (κ1) is 19.3. The largest absolute Gasteiger partial charge is 0.493 e. The molecular formula is C23H27NO6. The molecule has 0 spiro atoms. The molecule has 1 aliphatic carbocycles. The molecule has 0 saturated carbocycles. The minimum Gasteiger partial charge on any atom is -0.493 e. The Bertz CT molecular complexity index is 1020. The Morgan fingerprint density at radius 3 is 2.37 bits per heavy atom. The minimum absolute atomic E-state index is 0.0476. The average molecular weight is 413 g/mol. The van der Waals surface area contributed by atoms with Crippen LogP contribution < -0.4 is 23.7 Å². The summed E-state index contributed by atoms with van der Waals surface area (Å²) in [5.74, 6) is 3.37. The topological polar surface area (TPSA) is 69.6 Å². The summed E-state index contributed by atoms with van der Waals surface area (Å²) in [7, 11) is 6.98. The highest BCUT2D eigenvalue weighted by Gasteiger charge is 2.54. The maximum absolute atomic E-state index is 11.5. The smallest absolute Gasteiger partial charge is 0.231 e. The quantitative estimate of drug-likeness (QED) is 0.830. The number of rotatable bonds is 3. The number of ether oxygens (including phenoxy) is 5. The van der Waals surface area contributed by atoms with E-state index in [4.69, 9.17) is 23.7 Å². The van der Waals surface area contributed by atoms with E-state index in [0.29, 0.717) is 36.0 Å². The molecule has 0 amide bonds. The zero-order valence-electron chi connectivity index (χ0n) is 17.9. The van der Waals surface area contributed by atoms with E-state index in [9.17, 15) is 5.11 Å². The lowest BCUT2D eigenvalue weighted by Crippen LogP contribution is -2.55. The zero-order valence-corrected chi connectivity index (χ0v) is 17.9. The van der Waals surface area contributed by atoms with E-state index in [1.165, 1.54) is 0 Å². The van der Waals surface area contributed by atoms with Crippen molar-refractivity contribution in [3.63, 3.8) is 0 Å². The molecule has 3 aliphatic rings. The van der Waals surface area contributed by atoms with Crippen molar-refractivity contribution in [1.29, 1.82) is 0 Å². The van der Waals surface area contributed by atoms with Crippen LogP contribution in [0, 0.1) is 0 Å². The number of hydrogen-bond acceptors (Lipinski definition) is 7. The lowest BCUT2D eigenvalue weighted by molar-refractivity contribution is -0.000530. The maximum Gasteiger partial charge on any atom is 0.231 e. The number of fused-ring (bicyclic) bond motifs is 7. The van der Waals surface area contributed by atoms with Crippen LogP contribution in [0.3, 0.4) is 0 Å². The monoisotopic (exact) mass is 413 g/mol. The third-order valence-electron chi connectivity index (χ3n) is 6.97. The normalized spacial score (nSPS) is 26.5. The third-order valence-corrected chi connectivity index (χ3v) is 6.97. The van der Waals surface area contributed by atoms with Crippen LogP contribution >= 0.6 is 0 Å².